The lowest BCUT2D eigenvalue weighted by Crippen LogP contribution is -2.45. The van der Waals surface area contributed by atoms with Gasteiger partial charge in [-0.3, -0.25) is 24.3 Å². The minimum Gasteiger partial charge on any atom is -0.478 e. The van der Waals surface area contributed by atoms with Crippen LogP contribution in [0, 0.1) is 6.92 Å². The molecule has 0 saturated carbocycles. The molecule has 1 saturated heterocycles. The summed E-state index contributed by atoms with van der Waals surface area (Å²) in [7, 11) is 0. The van der Waals surface area contributed by atoms with Gasteiger partial charge in [-0.25, -0.2) is 14.6 Å². The van der Waals surface area contributed by atoms with E-state index in [-0.39, 0.29) is 24.3 Å². The van der Waals surface area contributed by atoms with Crippen LogP contribution in [0.5, 0.6) is 0 Å². The van der Waals surface area contributed by atoms with Crippen molar-refractivity contribution >= 4 is 40.3 Å². The summed E-state index contributed by atoms with van der Waals surface area (Å²) in [4.78, 5) is 59.3. The largest absolute Gasteiger partial charge is 0.478 e. The summed E-state index contributed by atoms with van der Waals surface area (Å²) < 4.78 is 1.32. The molecule has 11 heteroatoms. The van der Waals surface area contributed by atoms with Gasteiger partial charge in [-0.1, -0.05) is 6.07 Å². The number of fused-ring (bicyclic) bond motifs is 1. The lowest BCUT2D eigenvalue weighted by Gasteiger charge is -2.24. The maximum absolute atomic E-state index is 12.7. The van der Waals surface area contributed by atoms with E-state index in [1.807, 2.05) is 0 Å². The molecule has 0 bridgehead atoms. The first-order chi connectivity index (χ1) is 13.6. The first-order valence-electron chi connectivity index (χ1n) is 8.36. The zero-order chi connectivity index (χ0) is 21.7. The number of carbonyl (C=O) groups excluding carboxylic acids is 2. The molecule has 1 aromatic heterocycles. The number of benzene rings is 1. The lowest BCUT2D eigenvalue weighted by atomic mass is 10.1. The Hall–Kier alpha value is -4.02. The lowest BCUT2D eigenvalue weighted by molar-refractivity contribution is -0.136. The maximum Gasteiger partial charge on any atom is 0.328 e. The number of aliphatic carboxylic acids is 2. The fourth-order valence-electron chi connectivity index (χ4n) is 2.82. The normalized spacial score (nSPS) is 16.2. The number of carboxylic acids is 2. The standard InChI is InChI=1S/C14H14N4O3.C4H4O4/c1-7-16-9-4-2-3-8(15)12(9)14(21)18(7)10-5-6-11(19)17-13(10)20;5-3(6)1-2-4(7)8/h2-4,10H,5-6,15H2,1H3,(H,17,19,20);1-2H,(H,5,6)(H,7,8)/b;2-1-. The van der Waals surface area contributed by atoms with Crippen LogP contribution in [0.3, 0.4) is 0 Å². The van der Waals surface area contributed by atoms with E-state index in [2.05, 4.69) is 10.3 Å². The number of hydrogen-bond donors (Lipinski definition) is 4. The predicted molar refractivity (Wildman–Crippen MR) is 101 cm³/mol. The minimum absolute atomic E-state index is 0.199. The first kappa shape index (κ1) is 21.3. The van der Waals surface area contributed by atoms with Crippen molar-refractivity contribution in [1.82, 2.24) is 14.9 Å². The van der Waals surface area contributed by atoms with Crippen LogP contribution in [0.4, 0.5) is 5.69 Å². The molecule has 0 spiro atoms. The van der Waals surface area contributed by atoms with Gasteiger partial charge in [-0.15, -0.1) is 0 Å². The summed E-state index contributed by atoms with van der Waals surface area (Å²) in [6, 6.07) is 4.32. The average Bonchev–Trinajstić information content (AvgIpc) is 2.62. The summed E-state index contributed by atoms with van der Waals surface area (Å²) in [6.45, 7) is 1.66. The zero-order valence-electron chi connectivity index (χ0n) is 15.3. The summed E-state index contributed by atoms with van der Waals surface area (Å²) >= 11 is 0. The number of aryl methyl sites for hydroxylation is 1. The number of carboxylic acid groups (broad SMARTS) is 2. The Morgan fingerprint density at radius 1 is 1.21 bits per heavy atom. The van der Waals surface area contributed by atoms with Gasteiger partial charge in [0.25, 0.3) is 5.56 Å². The number of anilines is 1. The number of nitrogens with one attached hydrogen (secondary N) is 1. The quantitative estimate of drug-likeness (QED) is 0.311. The van der Waals surface area contributed by atoms with Crippen molar-refractivity contribution in [2.75, 3.05) is 5.73 Å². The number of imide groups is 1. The van der Waals surface area contributed by atoms with Gasteiger partial charge in [0.2, 0.25) is 11.8 Å². The molecule has 0 radical (unpaired) electrons. The summed E-state index contributed by atoms with van der Waals surface area (Å²) in [5.41, 5.74) is 6.32. The Kier molecular flexibility index (Phi) is 6.44. The highest BCUT2D eigenvalue weighted by atomic mass is 16.4. The van der Waals surface area contributed by atoms with Crippen LogP contribution < -0.4 is 16.6 Å². The van der Waals surface area contributed by atoms with E-state index in [0.717, 1.165) is 0 Å². The molecule has 152 valence electrons. The molecular formula is C18H18N4O7. The predicted octanol–water partition coefficient (Wildman–Crippen LogP) is -0.0234. The Bertz CT molecular complexity index is 1070. The molecule has 29 heavy (non-hydrogen) atoms. The first-order valence-corrected chi connectivity index (χ1v) is 8.36. The number of rotatable bonds is 3. The molecule has 2 amide bonds. The second-order valence-electron chi connectivity index (χ2n) is 6.05. The van der Waals surface area contributed by atoms with E-state index in [1.54, 1.807) is 25.1 Å². The van der Waals surface area contributed by atoms with Gasteiger partial charge in [-0.05, 0) is 25.5 Å². The Morgan fingerprint density at radius 3 is 2.38 bits per heavy atom. The molecule has 1 atom stereocenters. The Morgan fingerprint density at radius 2 is 1.83 bits per heavy atom. The Balaban J connectivity index is 0.000000321. The van der Waals surface area contributed by atoms with E-state index in [4.69, 9.17) is 15.9 Å². The molecule has 5 N–H and O–H groups in total. The molecule has 1 aromatic carbocycles. The molecule has 1 unspecified atom stereocenters. The van der Waals surface area contributed by atoms with Crippen LogP contribution in [0.1, 0.15) is 24.7 Å². The second-order valence-corrected chi connectivity index (χ2v) is 6.05. The van der Waals surface area contributed by atoms with Crippen molar-refractivity contribution in [3.05, 3.63) is 46.5 Å². The van der Waals surface area contributed by atoms with Crippen molar-refractivity contribution < 1.29 is 29.4 Å². The molecule has 0 aliphatic carbocycles. The fraction of sp³-hybridized carbons (Fsp3) is 0.222. The molecule has 2 heterocycles. The SMILES string of the molecule is Cc1nc2cccc(N)c2c(=O)n1C1CCC(=O)NC1=O.O=C(O)/C=C\C(=O)O. The third kappa shape index (κ3) is 5.03. The third-order valence-electron chi connectivity index (χ3n) is 4.03. The van der Waals surface area contributed by atoms with Crippen LogP contribution in [0.15, 0.2) is 35.1 Å². The van der Waals surface area contributed by atoms with Crippen LogP contribution in [-0.4, -0.2) is 43.5 Å². The van der Waals surface area contributed by atoms with Gasteiger partial charge in [-0.2, -0.15) is 0 Å². The van der Waals surface area contributed by atoms with Crippen molar-refractivity contribution in [2.24, 2.45) is 0 Å². The number of amides is 2. The number of aromatic nitrogens is 2. The number of nitrogens with zero attached hydrogens (tertiary/aromatic N) is 2. The number of hydrogen-bond acceptors (Lipinski definition) is 7. The summed E-state index contributed by atoms with van der Waals surface area (Å²) in [5.74, 6) is -2.89. The Labute approximate surface area is 163 Å². The molecule has 1 fully saturated rings. The van der Waals surface area contributed by atoms with E-state index in [0.29, 0.717) is 34.6 Å². The van der Waals surface area contributed by atoms with E-state index in [9.17, 15) is 24.0 Å². The average molecular weight is 402 g/mol. The van der Waals surface area contributed by atoms with Crippen molar-refractivity contribution in [3.8, 4) is 0 Å². The summed E-state index contributed by atoms with van der Waals surface area (Å²) in [5, 5.41) is 18.2. The van der Waals surface area contributed by atoms with Crippen LogP contribution in [0.2, 0.25) is 0 Å². The van der Waals surface area contributed by atoms with Gasteiger partial charge >= 0.3 is 11.9 Å². The molecule has 2 aromatic rings. The van der Waals surface area contributed by atoms with Gasteiger partial charge in [0.15, 0.2) is 0 Å². The van der Waals surface area contributed by atoms with Crippen LogP contribution >= 0.6 is 0 Å². The van der Waals surface area contributed by atoms with Gasteiger partial charge in [0, 0.05) is 24.3 Å². The highest BCUT2D eigenvalue weighted by molar-refractivity contribution is 5.99. The van der Waals surface area contributed by atoms with Gasteiger partial charge < -0.3 is 15.9 Å². The van der Waals surface area contributed by atoms with Crippen LogP contribution in [-0.2, 0) is 19.2 Å². The summed E-state index contributed by atoms with van der Waals surface area (Å²) in [6.07, 6.45) is 1.60. The van der Waals surface area contributed by atoms with E-state index < -0.39 is 23.9 Å². The van der Waals surface area contributed by atoms with Gasteiger partial charge in [0.05, 0.1) is 10.9 Å². The van der Waals surface area contributed by atoms with E-state index in [1.165, 1.54) is 4.57 Å². The number of nitrogens with two attached hydrogens (primary N) is 1. The van der Waals surface area contributed by atoms with Crippen molar-refractivity contribution in [3.63, 3.8) is 0 Å². The maximum atomic E-state index is 12.7. The minimum atomic E-state index is -1.26. The number of carbonyl (C=O) groups is 4. The van der Waals surface area contributed by atoms with Gasteiger partial charge in [0.1, 0.15) is 11.9 Å². The zero-order valence-corrected chi connectivity index (χ0v) is 15.3. The molecule has 1 aliphatic rings. The molecule has 11 nitrogen and oxygen atoms in total. The fourth-order valence-corrected chi connectivity index (χ4v) is 2.82. The number of piperidine rings is 1. The monoisotopic (exact) mass is 402 g/mol. The topological polar surface area (TPSA) is 182 Å². The number of nitrogen functional groups attached to an aromatic ring is 1. The second kappa shape index (κ2) is 8.78. The molecule has 1 aliphatic heterocycles. The highest BCUT2D eigenvalue weighted by Crippen LogP contribution is 2.21. The van der Waals surface area contributed by atoms with E-state index >= 15 is 0 Å². The van der Waals surface area contributed by atoms with Crippen molar-refractivity contribution in [1.29, 1.82) is 0 Å². The van der Waals surface area contributed by atoms with Crippen LogP contribution in [0.25, 0.3) is 10.9 Å². The molecular weight excluding hydrogens is 384 g/mol. The highest BCUT2D eigenvalue weighted by Gasteiger charge is 2.30. The smallest absolute Gasteiger partial charge is 0.328 e. The third-order valence-corrected chi connectivity index (χ3v) is 4.03. The van der Waals surface area contributed by atoms with Crippen molar-refractivity contribution in [2.45, 2.75) is 25.8 Å². The molecule has 3 rings (SSSR count).